The Balaban J connectivity index is 0.00000196. The number of rotatable bonds is 3. The van der Waals surface area contributed by atoms with E-state index in [1.807, 2.05) is 6.92 Å². The number of nitro benzene ring substituents is 1. The highest BCUT2D eigenvalue weighted by Crippen LogP contribution is 2.28. The number of aromatic hydroxyl groups is 1. The normalized spacial score (nSPS) is 11.6. The molecular weight excluding hydrogens is 220 g/mol. The van der Waals surface area contributed by atoms with Gasteiger partial charge in [0.05, 0.1) is 4.92 Å². The first kappa shape index (κ1) is 13.7. The number of nitrogens with zero attached hydrogens (tertiary/aromatic N) is 1. The van der Waals surface area contributed by atoms with Crippen LogP contribution in [0.5, 0.6) is 5.75 Å². The van der Waals surface area contributed by atoms with Gasteiger partial charge in [0.25, 0.3) is 5.69 Å². The average Bonchev–Trinajstić information content (AvgIpc) is 2.17. The summed E-state index contributed by atoms with van der Waals surface area (Å²) in [5.74, 6) is 0.00458. The van der Waals surface area contributed by atoms with Crippen molar-refractivity contribution in [3.05, 3.63) is 33.9 Å². The second kappa shape index (κ2) is 5.53. The molecule has 0 amide bonds. The Kier molecular flexibility index (Phi) is 5.04. The van der Waals surface area contributed by atoms with Gasteiger partial charge in [-0.05, 0) is 12.5 Å². The maximum Gasteiger partial charge on any atom is 0.270 e. The zero-order chi connectivity index (χ0) is 10.7. The summed E-state index contributed by atoms with van der Waals surface area (Å²) >= 11 is 0. The highest BCUT2D eigenvalue weighted by Gasteiger charge is 2.14. The van der Waals surface area contributed by atoms with Gasteiger partial charge in [-0.25, -0.2) is 0 Å². The van der Waals surface area contributed by atoms with E-state index in [1.54, 1.807) is 0 Å². The second-order valence-electron chi connectivity index (χ2n) is 3.01. The quantitative estimate of drug-likeness (QED) is 0.617. The minimum absolute atomic E-state index is 0. The van der Waals surface area contributed by atoms with Crippen molar-refractivity contribution in [3.8, 4) is 5.75 Å². The molecule has 0 aliphatic heterocycles. The standard InChI is InChI=1S/C9H12N2O3.ClH/c1-2-8(10)7-5-6(11(13)14)3-4-9(7)12;/h3-5,8,12H,2,10H2,1H3;1H/t8-;/m0./s1. The van der Waals surface area contributed by atoms with Crippen LogP contribution in [0.4, 0.5) is 5.69 Å². The number of phenolic OH excluding ortho intramolecular Hbond substituents is 1. The molecule has 0 saturated carbocycles. The molecule has 3 N–H and O–H groups in total. The van der Waals surface area contributed by atoms with Gasteiger partial charge in [0, 0.05) is 23.7 Å². The van der Waals surface area contributed by atoms with Crippen LogP contribution in [0.2, 0.25) is 0 Å². The molecule has 1 aromatic rings. The number of hydrogen-bond acceptors (Lipinski definition) is 4. The lowest BCUT2D eigenvalue weighted by molar-refractivity contribution is -0.385. The smallest absolute Gasteiger partial charge is 0.270 e. The summed E-state index contributed by atoms with van der Waals surface area (Å²) in [4.78, 5) is 9.95. The number of halogens is 1. The molecule has 0 radical (unpaired) electrons. The molecule has 0 heterocycles. The molecule has 1 rings (SSSR count). The van der Waals surface area contributed by atoms with Gasteiger partial charge in [-0.1, -0.05) is 6.92 Å². The predicted molar refractivity (Wildman–Crippen MR) is 59.2 cm³/mol. The summed E-state index contributed by atoms with van der Waals surface area (Å²) in [6.45, 7) is 1.85. The van der Waals surface area contributed by atoms with E-state index in [9.17, 15) is 15.2 Å². The fraction of sp³-hybridized carbons (Fsp3) is 0.333. The molecule has 0 aromatic heterocycles. The van der Waals surface area contributed by atoms with Gasteiger partial charge in [-0.15, -0.1) is 12.4 Å². The van der Waals surface area contributed by atoms with Crippen LogP contribution in [-0.2, 0) is 0 Å². The van der Waals surface area contributed by atoms with Crippen molar-refractivity contribution in [2.75, 3.05) is 0 Å². The van der Waals surface area contributed by atoms with Crippen LogP contribution in [0.25, 0.3) is 0 Å². The van der Waals surface area contributed by atoms with Crippen LogP contribution in [0.3, 0.4) is 0 Å². The first-order valence-electron chi connectivity index (χ1n) is 4.29. The zero-order valence-corrected chi connectivity index (χ0v) is 9.03. The molecule has 1 atom stereocenters. The van der Waals surface area contributed by atoms with E-state index >= 15 is 0 Å². The second-order valence-corrected chi connectivity index (χ2v) is 3.01. The Bertz CT molecular complexity index is 357. The zero-order valence-electron chi connectivity index (χ0n) is 8.21. The van der Waals surface area contributed by atoms with Crippen LogP contribution < -0.4 is 5.73 Å². The lowest BCUT2D eigenvalue weighted by atomic mass is 10.0. The van der Waals surface area contributed by atoms with Crippen molar-refractivity contribution in [1.29, 1.82) is 0 Å². The monoisotopic (exact) mass is 232 g/mol. The van der Waals surface area contributed by atoms with Gasteiger partial charge in [0.1, 0.15) is 5.75 Å². The van der Waals surface area contributed by atoms with Crippen molar-refractivity contribution >= 4 is 18.1 Å². The third-order valence-corrected chi connectivity index (χ3v) is 2.06. The van der Waals surface area contributed by atoms with E-state index in [0.29, 0.717) is 12.0 Å². The Morgan fingerprint density at radius 2 is 2.20 bits per heavy atom. The topological polar surface area (TPSA) is 89.4 Å². The van der Waals surface area contributed by atoms with Crippen LogP contribution in [0, 0.1) is 10.1 Å². The molecule has 0 aliphatic carbocycles. The molecule has 84 valence electrons. The number of nitrogens with two attached hydrogens (primary N) is 1. The summed E-state index contributed by atoms with van der Waals surface area (Å²) in [5, 5.41) is 19.9. The maximum atomic E-state index is 10.5. The summed E-state index contributed by atoms with van der Waals surface area (Å²) < 4.78 is 0. The minimum atomic E-state index is -0.509. The molecule has 1 aromatic carbocycles. The van der Waals surface area contributed by atoms with Crippen LogP contribution in [-0.4, -0.2) is 10.0 Å². The Hall–Kier alpha value is -1.33. The molecular formula is C9H13ClN2O3. The van der Waals surface area contributed by atoms with E-state index in [-0.39, 0.29) is 29.9 Å². The van der Waals surface area contributed by atoms with Gasteiger partial charge >= 0.3 is 0 Å². The number of phenols is 1. The molecule has 0 saturated heterocycles. The van der Waals surface area contributed by atoms with Crippen molar-refractivity contribution in [2.24, 2.45) is 5.73 Å². The highest BCUT2D eigenvalue weighted by molar-refractivity contribution is 5.85. The average molecular weight is 233 g/mol. The van der Waals surface area contributed by atoms with E-state index < -0.39 is 4.92 Å². The molecule has 0 bridgehead atoms. The maximum absolute atomic E-state index is 10.5. The third-order valence-electron chi connectivity index (χ3n) is 2.06. The van der Waals surface area contributed by atoms with E-state index in [1.165, 1.54) is 18.2 Å². The van der Waals surface area contributed by atoms with Crippen molar-refractivity contribution in [1.82, 2.24) is 0 Å². The number of hydrogen-bond donors (Lipinski definition) is 2. The van der Waals surface area contributed by atoms with Crippen molar-refractivity contribution in [3.63, 3.8) is 0 Å². The SMILES string of the molecule is CC[C@H](N)c1cc([N+](=O)[O-])ccc1O.Cl. The molecule has 15 heavy (non-hydrogen) atoms. The number of nitro groups is 1. The van der Waals surface area contributed by atoms with Gasteiger partial charge in [0.15, 0.2) is 0 Å². The van der Waals surface area contributed by atoms with E-state index in [4.69, 9.17) is 5.73 Å². The summed E-state index contributed by atoms with van der Waals surface area (Å²) in [6.07, 6.45) is 0.620. The van der Waals surface area contributed by atoms with Crippen LogP contribution in [0.1, 0.15) is 24.9 Å². The minimum Gasteiger partial charge on any atom is -0.508 e. The van der Waals surface area contributed by atoms with Gasteiger partial charge < -0.3 is 10.8 Å². The van der Waals surface area contributed by atoms with Crippen molar-refractivity contribution < 1.29 is 10.0 Å². The third kappa shape index (κ3) is 3.07. The largest absolute Gasteiger partial charge is 0.508 e. The summed E-state index contributed by atoms with van der Waals surface area (Å²) in [7, 11) is 0. The first-order valence-corrected chi connectivity index (χ1v) is 4.29. The highest BCUT2D eigenvalue weighted by atomic mass is 35.5. The number of non-ortho nitro benzene ring substituents is 1. The van der Waals surface area contributed by atoms with Crippen LogP contribution in [0.15, 0.2) is 18.2 Å². The lowest BCUT2D eigenvalue weighted by Crippen LogP contribution is -2.09. The molecule has 5 nitrogen and oxygen atoms in total. The predicted octanol–water partition coefficient (Wildman–Crippen LogP) is 2.13. The molecule has 6 heteroatoms. The van der Waals surface area contributed by atoms with Crippen LogP contribution >= 0.6 is 12.4 Å². The fourth-order valence-electron chi connectivity index (χ4n) is 1.17. The Morgan fingerprint density at radius 3 is 2.67 bits per heavy atom. The summed E-state index contributed by atoms with van der Waals surface area (Å²) in [6, 6.07) is 3.49. The van der Waals surface area contributed by atoms with Gasteiger partial charge in [-0.3, -0.25) is 10.1 Å². The van der Waals surface area contributed by atoms with E-state index in [2.05, 4.69) is 0 Å². The molecule has 0 unspecified atom stereocenters. The van der Waals surface area contributed by atoms with Gasteiger partial charge in [0.2, 0.25) is 0 Å². The fourth-order valence-corrected chi connectivity index (χ4v) is 1.17. The lowest BCUT2D eigenvalue weighted by Gasteiger charge is -2.10. The molecule has 0 aliphatic rings. The number of benzene rings is 1. The summed E-state index contributed by atoms with van der Waals surface area (Å²) in [5.41, 5.74) is 6.05. The Morgan fingerprint density at radius 1 is 1.60 bits per heavy atom. The van der Waals surface area contributed by atoms with Crippen molar-refractivity contribution in [2.45, 2.75) is 19.4 Å². The Labute approximate surface area is 93.5 Å². The van der Waals surface area contributed by atoms with E-state index in [0.717, 1.165) is 0 Å². The molecule has 0 fully saturated rings. The first-order chi connectivity index (χ1) is 6.56. The van der Waals surface area contributed by atoms with Gasteiger partial charge in [-0.2, -0.15) is 0 Å². The molecule has 0 spiro atoms.